The summed E-state index contributed by atoms with van der Waals surface area (Å²) in [4.78, 5) is 13.4. The summed E-state index contributed by atoms with van der Waals surface area (Å²) in [6.45, 7) is 0.666. The van der Waals surface area contributed by atoms with Crippen LogP contribution in [0.25, 0.3) is 0 Å². The van der Waals surface area contributed by atoms with Gasteiger partial charge in [0.1, 0.15) is 10.6 Å². The van der Waals surface area contributed by atoms with Gasteiger partial charge in [0.15, 0.2) is 0 Å². The molecule has 0 aliphatic carbocycles. The minimum absolute atomic E-state index is 0.0490. The molecule has 0 bridgehead atoms. The Morgan fingerprint density at radius 3 is 2.43 bits per heavy atom. The molecule has 1 aliphatic rings. The Labute approximate surface area is 143 Å². The maximum absolute atomic E-state index is 12.3. The summed E-state index contributed by atoms with van der Waals surface area (Å²) in [5.41, 5.74) is 0.703. The zero-order chi connectivity index (χ0) is 16.4. The van der Waals surface area contributed by atoms with Crippen molar-refractivity contribution >= 4 is 37.6 Å². The van der Waals surface area contributed by atoms with Crippen LogP contribution in [0.1, 0.15) is 12.8 Å². The Bertz CT molecular complexity index is 833. The molecule has 1 saturated heterocycles. The molecule has 23 heavy (non-hydrogen) atoms. The fourth-order valence-corrected chi connectivity index (χ4v) is 3.71. The number of anilines is 1. The lowest BCUT2D eigenvalue weighted by Gasteiger charge is -2.16. The van der Waals surface area contributed by atoms with Crippen LogP contribution in [0.2, 0.25) is 0 Å². The maximum atomic E-state index is 12.3. The molecule has 5 nitrogen and oxygen atoms in total. The van der Waals surface area contributed by atoms with Crippen LogP contribution in [0, 0.1) is 0 Å². The molecule has 1 heterocycles. The monoisotopic (exact) mass is 395 g/mol. The van der Waals surface area contributed by atoms with Gasteiger partial charge in [-0.2, -0.15) is 8.42 Å². The quantitative estimate of drug-likeness (QED) is 0.744. The lowest BCUT2D eigenvalue weighted by Crippen LogP contribution is -2.23. The number of hydrogen-bond acceptors (Lipinski definition) is 4. The minimum atomic E-state index is -3.91. The first-order chi connectivity index (χ1) is 11.0. The molecule has 2 aromatic carbocycles. The van der Waals surface area contributed by atoms with Crippen LogP contribution in [0.5, 0.6) is 5.75 Å². The average Bonchev–Trinajstić information content (AvgIpc) is 2.93. The zero-order valence-electron chi connectivity index (χ0n) is 12.1. The lowest BCUT2D eigenvalue weighted by molar-refractivity contribution is -0.117. The van der Waals surface area contributed by atoms with Crippen molar-refractivity contribution in [1.82, 2.24) is 0 Å². The van der Waals surface area contributed by atoms with Crippen LogP contribution in [0.3, 0.4) is 0 Å². The molecular weight excluding hydrogens is 382 g/mol. The first-order valence-corrected chi connectivity index (χ1v) is 9.26. The van der Waals surface area contributed by atoms with E-state index in [-0.39, 0.29) is 16.6 Å². The van der Waals surface area contributed by atoms with Crippen molar-refractivity contribution in [3.8, 4) is 5.75 Å². The predicted molar refractivity (Wildman–Crippen MR) is 90.0 cm³/mol. The van der Waals surface area contributed by atoms with Crippen molar-refractivity contribution in [2.24, 2.45) is 0 Å². The summed E-state index contributed by atoms with van der Waals surface area (Å²) in [6, 6.07) is 12.8. The molecule has 3 rings (SSSR count). The summed E-state index contributed by atoms with van der Waals surface area (Å²) in [6.07, 6.45) is 1.36. The number of rotatable bonds is 4. The summed E-state index contributed by atoms with van der Waals surface area (Å²) >= 11 is 3.27. The van der Waals surface area contributed by atoms with E-state index in [1.165, 1.54) is 12.1 Å². The van der Waals surface area contributed by atoms with Crippen LogP contribution in [-0.4, -0.2) is 20.9 Å². The topological polar surface area (TPSA) is 63.7 Å². The first-order valence-electron chi connectivity index (χ1n) is 7.06. The Morgan fingerprint density at radius 2 is 1.83 bits per heavy atom. The molecule has 0 atom stereocenters. The largest absolute Gasteiger partial charge is 0.379 e. The average molecular weight is 396 g/mol. The van der Waals surface area contributed by atoms with Crippen LogP contribution in [-0.2, 0) is 14.9 Å². The predicted octanol–water partition coefficient (Wildman–Crippen LogP) is 3.34. The third-order valence-corrected chi connectivity index (χ3v) is 5.27. The van der Waals surface area contributed by atoms with Crippen molar-refractivity contribution in [3.63, 3.8) is 0 Å². The number of nitrogens with zero attached hydrogens (tertiary/aromatic N) is 1. The Morgan fingerprint density at radius 1 is 1.09 bits per heavy atom. The second-order valence-electron chi connectivity index (χ2n) is 5.14. The van der Waals surface area contributed by atoms with E-state index < -0.39 is 10.1 Å². The van der Waals surface area contributed by atoms with E-state index in [0.717, 1.165) is 10.9 Å². The second-order valence-corrected chi connectivity index (χ2v) is 7.60. The number of carbonyl (C=O) groups excluding carboxylic acids is 1. The van der Waals surface area contributed by atoms with Gasteiger partial charge in [-0.25, -0.2) is 0 Å². The molecule has 120 valence electrons. The van der Waals surface area contributed by atoms with E-state index in [1.54, 1.807) is 41.3 Å². The number of halogens is 1. The Hall–Kier alpha value is -1.86. The van der Waals surface area contributed by atoms with E-state index in [4.69, 9.17) is 4.18 Å². The second kappa shape index (κ2) is 6.33. The van der Waals surface area contributed by atoms with Gasteiger partial charge in [0.2, 0.25) is 5.91 Å². The van der Waals surface area contributed by atoms with Gasteiger partial charge in [0, 0.05) is 23.1 Å². The first kappa shape index (κ1) is 16.0. The van der Waals surface area contributed by atoms with Crippen molar-refractivity contribution in [1.29, 1.82) is 0 Å². The zero-order valence-corrected chi connectivity index (χ0v) is 14.5. The minimum Gasteiger partial charge on any atom is -0.379 e. The van der Waals surface area contributed by atoms with Crippen molar-refractivity contribution in [2.45, 2.75) is 17.7 Å². The highest BCUT2D eigenvalue weighted by Crippen LogP contribution is 2.25. The van der Waals surface area contributed by atoms with Crippen molar-refractivity contribution in [2.75, 3.05) is 11.4 Å². The number of amides is 1. The molecule has 1 fully saturated rings. The highest BCUT2D eigenvalue weighted by molar-refractivity contribution is 9.10. The Kier molecular flexibility index (Phi) is 4.41. The van der Waals surface area contributed by atoms with E-state index >= 15 is 0 Å². The normalized spacial score (nSPS) is 15.0. The molecule has 0 radical (unpaired) electrons. The van der Waals surface area contributed by atoms with Gasteiger partial charge >= 0.3 is 10.1 Å². The molecule has 0 N–H and O–H groups in total. The molecule has 1 amide bonds. The summed E-state index contributed by atoms with van der Waals surface area (Å²) in [7, 11) is -3.91. The van der Waals surface area contributed by atoms with Gasteiger partial charge in [0.05, 0.1) is 0 Å². The van der Waals surface area contributed by atoms with E-state index in [2.05, 4.69) is 15.9 Å². The molecule has 1 aliphatic heterocycles. The summed E-state index contributed by atoms with van der Waals surface area (Å²) in [5, 5.41) is 0. The maximum Gasteiger partial charge on any atom is 0.339 e. The van der Waals surface area contributed by atoms with Crippen molar-refractivity contribution < 1.29 is 17.4 Å². The molecular formula is C16H14BrNO4S. The molecule has 0 saturated carbocycles. The van der Waals surface area contributed by atoms with Gasteiger partial charge in [-0.15, -0.1) is 0 Å². The highest BCUT2D eigenvalue weighted by Gasteiger charge is 2.23. The number of carbonyl (C=O) groups is 1. The Balaban J connectivity index is 1.81. The molecule has 7 heteroatoms. The summed E-state index contributed by atoms with van der Waals surface area (Å²) in [5.74, 6) is 0.296. The highest BCUT2D eigenvalue weighted by atomic mass is 79.9. The third kappa shape index (κ3) is 3.56. The SMILES string of the molecule is O=C1CCCN1c1ccc(S(=O)(=O)Oc2cccc(Br)c2)cc1. The van der Waals surface area contributed by atoms with Gasteiger partial charge in [-0.05, 0) is 48.9 Å². The van der Waals surface area contributed by atoms with E-state index in [1.807, 2.05) is 0 Å². The molecule has 0 spiro atoms. The van der Waals surface area contributed by atoms with Crippen molar-refractivity contribution in [3.05, 3.63) is 53.0 Å². The fraction of sp³-hybridized carbons (Fsp3) is 0.188. The summed E-state index contributed by atoms with van der Waals surface area (Å²) < 4.78 is 30.4. The van der Waals surface area contributed by atoms with E-state index in [9.17, 15) is 13.2 Å². The molecule has 0 aromatic heterocycles. The van der Waals surface area contributed by atoms with Gasteiger partial charge < -0.3 is 9.08 Å². The molecule has 2 aromatic rings. The smallest absolute Gasteiger partial charge is 0.339 e. The lowest BCUT2D eigenvalue weighted by atomic mass is 10.3. The third-order valence-electron chi connectivity index (χ3n) is 3.51. The van der Waals surface area contributed by atoms with Gasteiger partial charge in [-0.1, -0.05) is 22.0 Å². The van der Waals surface area contributed by atoms with Crippen LogP contribution >= 0.6 is 15.9 Å². The van der Waals surface area contributed by atoms with Gasteiger partial charge in [-0.3, -0.25) is 4.79 Å². The number of hydrogen-bond donors (Lipinski definition) is 0. The fourth-order valence-electron chi connectivity index (χ4n) is 2.41. The van der Waals surface area contributed by atoms with Gasteiger partial charge in [0.25, 0.3) is 0 Å². The van der Waals surface area contributed by atoms with E-state index in [0.29, 0.717) is 18.7 Å². The molecule has 0 unspecified atom stereocenters. The standard InChI is InChI=1S/C16H14BrNO4S/c17-12-3-1-4-14(11-12)22-23(20,21)15-8-6-13(7-9-15)18-10-2-5-16(18)19/h1,3-4,6-9,11H,2,5,10H2. The number of benzene rings is 2. The van der Waals surface area contributed by atoms with Crippen LogP contribution < -0.4 is 9.08 Å². The van der Waals surface area contributed by atoms with Crippen LogP contribution in [0.4, 0.5) is 5.69 Å². The van der Waals surface area contributed by atoms with Crippen LogP contribution in [0.15, 0.2) is 57.9 Å².